The van der Waals surface area contributed by atoms with E-state index in [9.17, 15) is 4.39 Å². The fraction of sp³-hybridized carbons (Fsp3) is 0.474. The Morgan fingerprint density at radius 2 is 1.71 bits per heavy atom. The summed E-state index contributed by atoms with van der Waals surface area (Å²) in [5.74, 6) is 0.223. The summed E-state index contributed by atoms with van der Waals surface area (Å²) < 4.78 is 13.6. The quantitative estimate of drug-likeness (QED) is 0.590. The first-order valence-electron chi connectivity index (χ1n) is 8.56. The molecule has 1 heterocycles. The Morgan fingerprint density at radius 1 is 1.08 bits per heavy atom. The lowest BCUT2D eigenvalue weighted by Gasteiger charge is -2.39. The van der Waals surface area contributed by atoms with Gasteiger partial charge in [0.05, 0.1) is 0 Å². The van der Waals surface area contributed by atoms with E-state index in [0.29, 0.717) is 5.56 Å². The molecule has 1 aromatic carbocycles. The second kappa shape index (κ2) is 7.26. The average Bonchev–Trinajstić information content (AvgIpc) is 3.47. The van der Waals surface area contributed by atoms with Crippen LogP contribution in [0.2, 0.25) is 0 Å². The highest BCUT2D eigenvalue weighted by atomic mass is 19.1. The first kappa shape index (κ1) is 16.8. The molecule has 1 atom stereocenters. The smallest absolute Gasteiger partial charge is 0.238 e. The lowest BCUT2D eigenvalue weighted by Crippen LogP contribution is -2.50. The summed E-state index contributed by atoms with van der Waals surface area (Å²) in [5, 5.41) is 0. The Bertz CT molecular complexity index is 625. The van der Waals surface area contributed by atoms with Crippen LogP contribution in [0.4, 0.5) is 10.1 Å². The van der Waals surface area contributed by atoms with Gasteiger partial charge in [0.2, 0.25) is 5.95 Å². The molecule has 1 aliphatic carbocycles. The van der Waals surface area contributed by atoms with E-state index < -0.39 is 5.95 Å². The van der Waals surface area contributed by atoms with Gasteiger partial charge < -0.3 is 4.90 Å². The molecule has 1 aromatic rings. The first-order chi connectivity index (χ1) is 11.6. The van der Waals surface area contributed by atoms with Crippen molar-refractivity contribution in [3.63, 3.8) is 0 Å². The van der Waals surface area contributed by atoms with Crippen LogP contribution in [0.1, 0.15) is 25.3 Å². The lowest BCUT2D eigenvalue weighted by atomic mass is 10.1. The van der Waals surface area contributed by atoms with Gasteiger partial charge in [-0.05, 0) is 51.3 Å². The van der Waals surface area contributed by atoms with Crippen LogP contribution in [0, 0.1) is 5.92 Å². The predicted octanol–water partition coefficient (Wildman–Crippen LogP) is 3.60. The van der Waals surface area contributed by atoms with Crippen LogP contribution in [-0.4, -0.2) is 50.6 Å². The molecule has 2 aliphatic rings. The van der Waals surface area contributed by atoms with Crippen molar-refractivity contribution in [1.29, 1.82) is 0 Å². The van der Waals surface area contributed by atoms with Crippen molar-refractivity contribution in [3.05, 3.63) is 35.8 Å². The molecule has 0 radical (unpaired) electrons. The Labute approximate surface area is 143 Å². The topological polar surface area (TPSA) is 31.2 Å². The summed E-state index contributed by atoms with van der Waals surface area (Å²) in [7, 11) is 0. The summed E-state index contributed by atoms with van der Waals surface area (Å²) in [5.41, 5.74) is 1.96. The van der Waals surface area contributed by atoms with E-state index in [1.54, 1.807) is 0 Å². The van der Waals surface area contributed by atoms with Crippen molar-refractivity contribution in [2.75, 3.05) is 31.1 Å². The number of nitrogens with zero attached hydrogens (tertiary/aromatic N) is 4. The van der Waals surface area contributed by atoms with Crippen molar-refractivity contribution >= 4 is 24.8 Å². The van der Waals surface area contributed by atoms with Gasteiger partial charge >= 0.3 is 0 Å². The van der Waals surface area contributed by atoms with Crippen LogP contribution in [0.5, 0.6) is 0 Å². The third-order valence-corrected chi connectivity index (χ3v) is 5.19. The van der Waals surface area contributed by atoms with E-state index in [1.807, 2.05) is 24.3 Å². The third-order valence-electron chi connectivity index (χ3n) is 5.19. The lowest BCUT2D eigenvalue weighted by molar-refractivity contribution is 0.179. The van der Waals surface area contributed by atoms with Crippen molar-refractivity contribution < 1.29 is 4.39 Å². The predicted molar refractivity (Wildman–Crippen MR) is 99.5 cm³/mol. The van der Waals surface area contributed by atoms with E-state index in [-0.39, 0.29) is 5.70 Å². The van der Waals surface area contributed by atoms with Crippen LogP contribution in [0.25, 0.3) is 5.70 Å². The molecule has 5 heteroatoms. The highest BCUT2D eigenvalue weighted by molar-refractivity contribution is 5.71. The van der Waals surface area contributed by atoms with Gasteiger partial charge in [-0.2, -0.15) is 4.39 Å². The fourth-order valence-corrected chi connectivity index (χ4v) is 3.44. The Hall–Kier alpha value is -2.01. The Kier molecular flexibility index (Phi) is 5.09. The molecule has 0 N–H and O–H groups in total. The van der Waals surface area contributed by atoms with Crippen molar-refractivity contribution in [2.45, 2.75) is 25.8 Å². The second-order valence-corrected chi connectivity index (χ2v) is 6.60. The molecule has 128 valence electrons. The van der Waals surface area contributed by atoms with Crippen molar-refractivity contribution in [1.82, 2.24) is 4.90 Å². The molecule has 0 bridgehead atoms. The number of halogens is 1. The van der Waals surface area contributed by atoms with Gasteiger partial charge in [0, 0.05) is 43.5 Å². The van der Waals surface area contributed by atoms with Crippen LogP contribution in [0.15, 0.2) is 40.2 Å². The van der Waals surface area contributed by atoms with Gasteiger partial charge in [-0.15, -0.1) is 0 Å². The van der Waals surface area contributed by atoms with Gasteiger partial charge in [-0.1, -0.05) is 12.1 Å². The fourth-order valence-electron chi connectivity index (χ4n) is 3.44. The maximum absolute atomic E-state index is 13.6. The van der Waals surface area contributed by atoms with Crippen LogP contribution in [0.3, 0.4) is 0 Å². The molecule has 2 fully saturated rings. The van der Waals surface area contributed by atoms with Crippen LogP contribution in [-0.2, 0) is 0 Å². The molecular weight excluding hydrogens is 303 g/mol. The Balaban J connectivity index is 1.64. The number of hydrogen-bond acceptors (Lipinski definition) is 4. The molecule has 24 heavy (non-hydrogen) atoms. The normalized spacial score (nSPS) is 21.2. The van der Waals surface area contributed by atoms with E-state index >= 15 is 0 Å². The van der Waals surface area contributed by atoms with Gasteiger partial charge in [-0.3, -0.25) is 9.89 Å². The van der Waals surface area contributed by atoms with E-state index in [1.165, 1.54) is 12.8 Å². The molecule has 1 unspecified atom stereocenters. The number of piperazine rings is 1. The van der Waals surface area contributed by atoms with Crippen LogP contribution >= 0.6 is 0 Å². The molecule has 0 spiro atoms. The minimum Gasteiger partial charge on any atom is -0.369 e. The molecule has 1 saturated heterocycles. The SMILES string of the molecule is C=N/C(F)=C(\N=C)c1ccc(N2CCN(C(C)C3CC3)CC2)cc1. The second-order valence-electron chi connectivity index (χ2n) is 6.60. The van der Waals surface area contributed by atoms with Gasteiger partial charge in [0.15, 0.2) is 0 Å². The Morgan fingerprint density at radius 3 is 2.21 bits per heavy atom. The summed E-state index contributed by atoms with van der Waals surface area (Å²) >= 11 is 0. The molecule has 0 aromatic heterocycles. The zero-order valence-electron chi connectivity index (χ0n) is 14.3. The van der Waals surface area contributed by atoms with E-state index in [0.717, 1.165) is 43.8 Å². The molecule has 1 aliphatic heterocycles. The largest absolute Gasteiger partial charge is 0.369 e. The third kappa shape index (κ3) is 3.56. The number of aliphatic imine (C=N–C) groups is 2. The number of anilines is 1. The molecule has 4 nitrogen and oxygen atoms in total. The number of benzene rings is 1. The van der Waals surface area contributed by atoms with Crippen molar-refractivity contribution in [3.8, 4) is 0 Å². The minimum absolute atomic E-state index is 0.139. The average molecular weight is 328 g/mol. The van der Waals surface area contributed by atoms with Gasteiger partial charge in [-0.25, -0.2) is 4.99 Å². The first-order valence-corrected chi connectivity index (χ1v) is 8.56. The minimum atomic E-state index is -0.694. The zero-order chi connectivity index (χ0) is 17.1. The summed E-state index contributed by atoms with van der Waals surface area (Å²) in [6.07, 6.45) is 2.79. The maximum atomic E-state index is 13.6. The summed E-state index contributed by atoms with van der Waals surface area (Å²) in [4.78, 5) is 12.0. The van der Waals surface area contributed by atoms with Crippen molar-refractivity contribution in [2.24, 2.45) is 15.9 Å². The highest BCUT2D eigenvalue weighted by Crippen LogP contribution is 2.35. The maximum Gasteiger partial charge on any atom is 0.238 e. The number of hydrogen-bond donors (Lipinski definition) is 0. The van der Waals surface area contributed by atoms with E-state index in [4.69, 9.17) is 0 Å². The summed E-state index contributed by atoms with van der Waals surface area (Å²) in [6, 6.07) is 8.47. The summed E-state index contributed by atoms with van der Waals surface area (Å²) in [6.45, 7) is 13.2. The molecular formula is C19H25FN4. The van der Waals surface area contributed by atoms with Gasteiger partial charge in [0.1, 0.15) is 5.70 Å². The molecule has 0 amide bonds. The van der Waals surface area contributed by atoms with Crippen LogP contribution < -0.4 is 4.90 Å². The van der Waals surface area contributed by atoms with Gasteiger partial charge in [0.25, 0.3) is 0 Å². The molecule has 1 saturated carbocycles. The molecule has 3 rings (SSSR count). The zero-order valence-corrected chi connectivity index (χ0v) is 14.3. The highest BCUT2D eigenvalue weighted by Gasteiger charge is 2.33. The monoisotopic (exact) mass is 328 g/mol. The standard InChI is InChI=1S/C19H25FN4/c1-14(15-4-5-15)23-10-12-24(13-11-23)17-8-6-16(7-9-17)18(21-2)19(20)22-3/h6-9,14-15H,2-5,10-13H2,1H3/b19-18-. The number of rotatable bonds is 6. The van der Waals surface area contributed by atoms with E-state index in [2.05, 4.69) is 40.1 Å².